The van der Waals surface area contributed by atoms with Crippen molar-refractivity contribution in [3.63, 3.8) is 0 Å². The second-order valence-electron chi connectivity index (χ2n) is 15.0. The van der Waals surface area contributed by atoms with E-state index in [2.05, 4.69) is 180 Å². The van der Waals surface area contributed by atoms with Crippen molar-refractivity contribution < 1.29 is 0 Å². The molecule has 2 heteroatoms. The number of nitrogens with zero attached hydrogens (tertiary/aromatic N) is 2. The molecular weight excluding hydrogens is 605 g/mol. The van der Waals surface area contributed by atoms with Gasteiger partial charge in [-0.1, -0.05) is 158 Å². The summed E-state index contributed by atoms with van der Waals surface area (Å²) < 4.78 is 0. The van der Waals surface area contributed by atoms with Crippen molar-refractivity contribution in [3.8, 4) is 0 Å². The van der Waals surface area contributed by atoms with Crippen molar-refractivity contribution in [1.82, 2.24) is 4.90 Å². The molecule has 2 aromatic carbocycles. The lowest BCUT2D eigenvalue weighted by Gasteiger charge is -2.40. The van der Waals surface area contributed by atoms with Gasteiger partial charge in [0, 0.05) is 53.2 Å². The molecular formula is C48H44N2. The molecule has 2 nitrogen and oxygen atoms in total. The number of fused-ring (bicyclic) bond motifs is 5. The smallest absolute Gasteiger partial charge is 0.0626 e. The number of allylic oxidation sites excluding steroid dienone is 14. The molecule has 0 bridgehead atoms. The van der Waals surface area contributed by atoms with Crippen molar-refractivity contribution in [2.45, 2.75) is 55.8 Å². The first kappa shape index (κ1) is 29.9. The van der Waals surface area contributed by atoms with Gasteiger partial charge in [-0.25, -0.2) is 0 Å². The molecule has 6 aliphatic carbocycles. The number of likely N-dealkylation sites (tertiary alicyclic amines) is 1. The van der Waals surface area contributed by atoms with E-state index in [0.717, 1.165) is 25.7 Å². The monoisotopic (exact) mass is 648 g/mol. The van der Waals surface area contributed by atoms with Crippen LogP contribution in [0.5, 0.6) is 0 Å². The molecule has 0 saturated carbocycles. The molecule has 8 atom stereocenters. The van der Waals surface area contributed by atoms with Crippen LogP contribution in [-0.4, -0.2) is 29.1 Å². The van der Waals surface area contributed by atoms with Crippen LogP contribution in [0.25, 0.3) is 5.57 Å². The standard InChI is InChI=1S/C48H44N2/c1-3-14-33(15-4-1)35-18-11-20-38(30-35)49-45-26-9-8-23-42(45)44-32-37(28-29-47(44)49)40-24-13-25-43-41-22-7-10-27-46(41)50(48(40)43)39-21-12-19-36(31-39)34-16-5-2-6-17-34/h1-14,16-27,30,32-33,39,41-43,45-46,48H,15,28-29,31H2. The van der Waals surface area contributed by atoms with Gasteiger partial charge in [0.15, 0.2) is 0 Å². The van der Waals surface area contributed by atoms with E-state index in [0.29, 0.717) is 47.8 Å². The Morgan fingerprint density at radius 3 is 2.34 bits per heavy atom. The van der Waals surface area contributed by atoms with E-state index in [9.17, 15) is 0 Å². The molecule has 0 N–H and O–H groups in total. The Balaban J connectivity index is 1.01. The summed E-state index contributed by atoms with van der Waals surface area (Å²) in [5.41, 5.74) is 11.6. The van der Waals surface area contributed by atoms with Gasteiger partial charge in [0.05, 0.1) is 6.04 Å². The van der Waals surface area contributed by atoms with Crippen molar-refractivity contribution >= 4 is 11.3 Å². The van der Waals surface area contributed by atoms with Gasteiger partial charge in [0.25, 0.3) is 0 Å². The minimum Gasteiger partial charge on any atom is -0.337 e. The first-order valence-electron chi connectivity index (χ1n) is 18.8. The second kappa shape index (κ2) is 12.4. The SMILES string of the molecule is C1=CCC(c2cccc(N3C4=C(C=C(C5=CC=CC6C7C=CC=CC7N(C7C=CC=C(c8ccccc8)C7)C56)CC4)C4C=CC=CC43)c2)C=C1. The summed E-state index contributed by atoms with van der Waals surface area (Å²) in [5.74, 6) is 1.78. The summed E-state index contributed by atoms with van der Waals surface area (Å²) in [4.78, 5) is 5.56. The molecule has 0 amide bonds. The molecule has 246 valence electrons. The maximum atomic E-state index is 2.88. The Labute approximate surface area is 297 Å². The maximum Gasteiger partial charge on any atom is 0.0626 e. The van der Waals surface area contributed by atoms with Gasteiger partial charge in [0.1, 0.15) is 0 Å². The topological polar surface area (TPSA) is 6.48 Å². The molecule has 2 aromatic rings. The van der Waals surface area contributed by atoms with E-state index in [1.807, 2.05) is 0 Å². The van der Waals surface area contributed by atoms with Gasteiger partial charge >= 0.3 is 0 Å². The summed E-state index contributed by atoms with van der Waals surface area (Å²) in [6.07, 6.45) is 49.3. The maximum absolute atomic E-state index is 2.88. The van der Waals surface area contributed by atoms with Crippen molar-refractivity contribution in [3.05, 3.63) is 204 Å². The highest BCUT2D eigenvalue weighted by Gasteiger charge is 2.51. The van der Waals surface area contributed by atoms with E-state index in [1.165, 1.54) is 44.8 Å². The Morgan fingerprint density at radius 1 is 0.620 bits per heavy atom. The van der Waals surface area contributed by atoms with Gasteiger partial charge in [0.2, 0.25) is 0 Å². The van der Waals surface area contributed by atoms with Gasteiger partial charge in [-0.15, -0.1) is 0 Å². The van der Waals surface area contributed by atoms with Gasteiger partial charge < -0.3 is 4.90 Å². The lowest BCUT2D eigenvalue weighted by atomic mass is 9.76. The average Bonchev–Trinajstić information content (AvgIpc) is 3.71. The molecule has 0 spiro atoms. The Hall–Kier alpha value is -4.92. The zero-order valence-corrected chi connectivity index (χ0v) is 28.5. The zero-order valence-electron chi connectivity index (χ0n) is 28.5. The molecule has 10 rings (SSSR count). The summed E-state index contributed by atoms with van der Waals surface area (Å²) in [6.45, 7) is 0. The van der Waals surface area contributed by atoms with Gasteiger partial charge in [-0.3, -0.25) is 4.90 Å². The molecule has 1 saturated heterocycles. The third-order valence-electron chi connectivity index (χ3n) is 12.4. The van der Waals surface area contributed by atoms with E-state index in [-0.39, 0.29) is 0 Å². The number of rotatable bonds is 5. The molecule has 0 aromatic heterocycles. The van der Waals surface area contributed by atoms with Crippen LogP contribution >= 0.6 is 0 Å². The number of hydrogen-bond acceptors (Lipinski definition) is 2. The van der Waals surface area contributed by atoms with Crippen LogP contribution in [0.1, 0.15) is 42.7 Å². The third kappa shape index (κ3) is 4.95. The summed E-state index contributed by atoms with van der Waals surface area (Å²) in [5, 5.41) is 0. The Kier molecular flexibility index (Phi) is 7.45. The highest BCUT2D eigenvalue weighted by molar-refractivity contribution is 5.70. The highest BCUT2D eigenvalue weighted by atomic mass is 15.3. The molecule has 2 aliphatic heterocycles. The van der Waals surface area contributed by atoms with Crippen molar-refractivity contribution in [2.24, 2.45) is 17.8 Å². The van der Waals surface area contributed by atoms with Crippen molar-refractivity contribution in [2.75, 3.05) is 4.90 Å². The van der Waals surface area contributed by atoms with Crippen LogP contribution in [0.15, 0.2) is 192 Å². The fourth-order valence-electron chi connectivity index (χ4n) is 10.2. The fourth-order valence-corrected chi connectivity index (χ4v) is 10.2. The molecule has 8 unspecified atom stereocenters. The quantitative estimate of drug-likeness (QED) is 0.318. The Bertz CT molecular complexity index is 2070. The predicted molar refractivity (Wildman–Crippen MR) is 208 cm³/mol. The largest absolute Gasteiger partial charge is 0.337 e. The molecule has 1 fully saturated rings. The van der Waals surface area contributed by atoms with Gasteiger partial charge in [-0.05, 0) is 71.2 Å². The second-order valence-corrected chi connectivity index (χ2v) is 15.0. The third-order valence-corrected chi connectivity index (χ3v) is 12.4. The van der Waals surface area contributed by atoms with Crippen molar-refractivity contribution in [1.29, 1.82) is 0 Å². The van der Waals surface area contributed by atoms with E-state index < -0.39 is 0 Å². The van der Waals surface area contributed by atoms with Gasteiger partial charge in [-0.2, -0.15) is 0 Å². The lowest BCUT2D eigenvalue weighted by Crippen LogP contribution is -2.46. The van der Waals surface area contributed by atoms with E-state index >= 15 is 0 Å². The normalized spacial score (nSPS) is 33.2. The molecule has 0 radical (unpaired) electrons. The number of anilines is 1. The first-order valence-corrected chi connectivity index (χ1v) is 18.8. The average molecular weight is 649 g/mol. The van der Waals surface area contributed by atoms with Crippen LogP contribution < -0.4 is 4.90 Å². The van der Waals surface area contributed by atoms with Crippen LogP contribution in [0, 0.1) is 17.8 Å². The minimum atomic E-state index is 0.322. The minimum absolute atomic E-state index is 0.322. The summed E-state index contributed by atoms with van der Waals surface area (Å²) in [6, 6.07) is 21.8. The lowest BCUT2D eigenvalue weighted by molar-refractivity contribution is 0.188. The van der Waals surface area contributed by atoms with Crippen LogP contribution in [0.4, 0.5) is 5.69 Å². The predicted octanol–water partition coefficient (Wildman–Crippen LogP) is 10.5. The Morgan fingerprint density at radius 2 is 1.44 bits per heavy atom. The summed E-state index contributed by atoms with van der Waals surface area (Å²) in [7, 11) is 0. The highest BCUT2D eigenvalue weighted by Crippen LogP contribution is 2.52. The molecule has 8 aliphatic rings. The summed E-state index contributed by atoms with van der Waals surface area (Å²) >= 11 is 0. The van der Waals surface area contributed by atoms with Crippen LogP contribution in [0.3, 0.4) is 0 Å². The fraction of sp³-hybridized carbons (Fsp3) is 0.250. The van der Waals surface area contributed by atoms with E-state index in [1.54, 1.807) is 0 Å². The number of benzene rings is 2. The molecule has 2 heterocycles. The van der Waals surface area contributed by atoms with E-state index in [4.69, 9.17) is 0 Å². The number of hydrogen-bond donors (Lipinski definition) is 0. The molecule has 50 heavy (non-hydrogen) atoms. The first-order chi connectivity index (χ1) is 24.8. The zero-order chi connectivity index (χ0) is 33.0. The van der Waals surface area contributed by atoms with Crippen LogP contribution in [-0.2, 0) is 0 Å². The van der Waals surface area contributed by atoms with Crippen LogP contribution in [0.2, 0.25) is 0 Å².